The van der Waals surface area contributed by atoms with Gasteiger partial charge >= 0.3 is 0 Å². The highest BCUT2D eigenvalue weighted by molar-refractivity contribution is 9.10. The van der Waals surface area contributed by atoms with Gasteiger partial charge in [-0.1, -0.05) is 50.1 Å². The van der Waals surface area contributed by atoms with Gasteiger partial charge in [0.25, 0.3) is 11.6 Å². The quantitative estimate of drug-likeness (QED) is 0.127. The number of benzene rings is 3. The van der Waals surface area contributed by atoms with Crippen LogP contribution in [0.2, 0.25) is 0 Å². The molecule has 8 nitrogen and oxygen atoms in total. The van der Waals surface area contributed by atoms with Gasteiger partial charge < -0.3 is 14.8 Å². The summed E-state index contributed by atoms with van der Waals surface area (Å²) in [6, 6.07) is 18.4. The maximum atomic E-state index is 12.6. The van der Waals surface area contributed by atoms with Gasteiger partial charge in [0.15, 0.2) is 11.5 Å². The number of hydrogen-bond donors (Lipinski definition) is 1. The Morgan fingerprint density at radius 2 is 1.86 bits per heavy atom. The largest absolute Gasteiger partial charge is 0.490 e. The number of nitrogens with zero attached hydrogens (tertiary/aromatic N) is 2. The van der Waals surface area contributed by atoms with E-state index in [9.17, 15) is 20.2 Å². The van der Waals surface area contributed by atoms with Gasteiger partial charge in [0.2, 0.25) is 0 Å². The number of halogens is 2. The molecule has 0 saturated carbocycles. The van der Waals surface area contributed by atoms with E-state index in [0.717, 1.165) is 4.47 Å². The number of nitro benzene ring substituents is 1. The zero-order chi connectivity index (χ0) is 25.4. The van der Waals surface area contributed by atoms with E-state index in [-0.39, 0.29) is 17.9 Å². The molecular formula is C25H19Br2N3O5. The van der Waals surface area contributed by atoms with Crippen LogP contribution in [-0.4, -0.2) is 17.4 Å². The third-order valence-electron chi connectivity index (χ3n) is 4.63. The summed E-state index contributed by atoms with van der Waals surface area (Å²) >= 11 is 6.80. The number of rotatable bonds is 9. The van der Waals surface area contributed by atoms with Crippen LogP contribution in [0.15, 0.2) is 75.2 Å². The number of nitro groups is 1. The normalized spacial score (nSPS) is 10.9. The third kappa shape index (κ3) is 7.15. The molecule has 0 saturated heterocycles. The summed E-state index contributed by atoms with van der Waals surface area (Å²) in [6.45, 7) is 2.25. The number of carbonyl (C=O) groups is 1. The summed E-state index contributed by atoms with van der Waals surface area (Å²) in [5.74, 6) is 0.248. The average Bonchev–Trinajstić information content (AvgIpc) is 2.83. The highest BCUT2D eigenvalue weighted by Crippen LogP contribution is 2.35. The molecule has 35 heavy (non-hydrogen) atoms. The minimum Gasteiger partial charge on any atom is -0.490 e. The maximum Gasteiger partial charge on any atom is 0.269 e. The molecule has 0 aliphatic rings. The van der Waals surface area contributed by atoms with E-state index in [2.05, 4.69) is 37.2 Å². The number of hydrogen-bond acceptors (Lipinski definition) is 6. The number of ether oxygens (including phenoxy) is 2. The molecule has 0 heterocycles. The van der Waals surface area contributed by atoms with Crippen LogP contribution in [0.3, 0.4) is 0 Å². The summed E-state index contributed by atoms with van der Waals surface area (Å²) in [7, 11) is 0. The molecule has 3 aromatic rings. The van der Waals surface area contributed by atoms with E-state index < -0.39 is 10.8 Å². The molecule has 0 atom stereocenters. The van der Waals surface area contributed by atoms with Crippen molar-refractivity contribution in [2.24, 2.45) is 0 Å². The number of amides is 1. The zero-order valence-electron chi connectivity index (χ0n) is 18.5. The van der Waals surface area contributed by atoms with Crippen LogP contribution in [0.4, 0.5) is 11.4 Å². The molecule has 0 aliphatic carbocycles. The van der Waals surface area contributed by atoms with Crippen LogP contribution in [0, 0.1) is 21.4 Å². The first-order chi connectivity index (χ1) is 16.8. The molecule has 0 aromatic heterocycles. The van der Waals surface area contributed by atoms with Crippen LogP contribution < -0.4 is 14.8 Å². The molecule has 178 valence electrons. The SMILES string of the molecule is CCOc1cc(/C=C(/C#N)C(=O)Nc2cccc(Br)c2)c(Br)cc1OCc1cccc([N+](=O)[O-])c1. The Balaban J connectivity index is 1.85. The number of nitriles is 1. The molecule has 0 aliphatic heterocycles. The average molecular weight is 601 g/mol. The minimum atomic E-state index is -0.554. The second kappa shape index (κ2) is 12.1. The Hall–Kier alpha value is -3.68. The van der Waals surface area contributed by atoms with Crippen molar-refractivity contribution in [1.82, 2.24) is 0 Å². The lowest BCUT2D eigenvalue weighted by Gasteiger charge is -2.14. The molecule has 10 heteroatoms. The van der Waals surface area contributed by atoms with Crippen molar-refractivity contribution in [1.29, 1.82) is 5.26 Å². The molecule has 0 radical (unpaired) electrons. The summed E-state index contributed by atoms with van der Waals surface area (Å²) in [5.41, 5.74) is 1.58. The first-order valence-electron chi connectivity index (χ1n) is 10.3. The van der Waals surface area contributed by atoms with Crippen LogP contribution >= 0.6 is 31.9 Å². The Bertz CT molecular complexity index is 1330. The van der Waals surface area contributed by atoms with Gasteiger partial charge in [-0.3, -0.25) is 14.9 Å². The fourth-order valence-corrected chi connectivity index (χ4v) is 3.87. The van der Waals surface area contributed by atoms with Gasteiger partial charge in [-0.05, 0) is 54.5 Å². The van der Waals surface area contributed by atoms with Crippen molar-refractivity contribution in [3.63, 3.8) is 0 Å². The van der Waals surface area contributed by atoms with Gasteiger partial charge in [0.1, 0.15) is 18.2 Å². The van der Waals surface area contributed by atoms with E-state index in [1.807, 2.05) is 19.1 Å². The fourth-order valence-electron chi connectivity index (χ4n) is 3.03. The highest BCUT2D eigenvalue weighted by Gasteiger charge is 2.15. The lowest BCUT2D eigenvalue weighted by Crippen LogP contribution is -2.13. The summed E-state index contributed by atoms with van der Waals surface area (Å²) in [4.78, 5) is 23.2. The summed E-state index contributed by atoms with van der Waals surface area (Å²) in [6.07, 6.45) is 1.45. The lowest BCUT2D eigenvalue weighted by atomic mass is 10.1. The molecule has 3 rings (SSSR count). The summed E-state index contributed by atoms with van der Waals surface area (Å²) in [5, 5.41) is 23.3. The van der Waals surface area contributed by atoms with Crippen molar-refractivity contribution < 1.29 is 19.2 Å². The molecule has 3 aromatic carbocycles. The van der Waals surface area contributed by atoms with Crippen LogP contribution in [-0.2, 0) is 11.4 Å². The number of nitrogens with one attached hydrogen (secondary N) is 1. The Morgan fingerprint density at radius 1 is 1.11 bits per heavy atom. The van der Waals surface area contributed by atoms with Crippen LogP contribution in [0.5, 0.6) is 11.5 Å². The Labute approximate surface area is 218 Å². The van der Waals surface area contributed by atoms with Crippen LogP contribution in [0.1, 0.15) is 18.1 Å². The topological polar surface area (TPSA) is 114 Å². The van der Waals surface area contributed by atoms with E-state index in [4.69, 9.17) is 9.47 Å². The first kappa shape index (κ1) is 25.9. The maximum absolute atomic E-state index is 12.6. The molecule has 0 spiro atoms. The smallest absolute Gasteiger partial charge is 0.269 e. The molecule has 1 N–H and O–H groups in total. The fraction of sp³-hybridized carbons (Fsp3) is 0.120. The standard InChI is InChI=1S/C25H19Br2N3O5/c1-2-34-23-11-17(10-18(14-28)25(31)29-20-7-4-6-19(26)12-20)22(27)13-24(23)35-15-16-5-3-8-21(9-16)30(32)33/h3-13H,2,15H2,1H3,(H,29,31)/b18-10-. The van der Waals surface area contributed by atoms with Gasteiger partial charge in [0, 0.05) is 26.8 Å². The minimum absolute atomic E-state index is 0.0250. The van der Waals surface area contributed by atoms with Crippen molar-refractivity contribution in [2.45, 2.75) is 13.5 Å². The summed E-state index contributed by atoms with van der Waals surface area (Å²) < 4.78 is 12.9. The Kier molecular flexibility index (Phi) is 9.00. The lowest BCUT2D eigenvalue weighted by molar-refractivity contribution is -0.384. The monoisotopic (exact) mass is 599 g/mol. The Morgan fingerprint density at radius 3 is 2.54 bits per heavy atom. The number of non-ortho nitro benzene ring substituents is 1. The molecule has 0 bridgehead atoms. The van der Waals surface area contributed by atoms with Crippen molar-refractivity contribution in [3.05, 3.63) is 96.4 Å². The van der Waals surface area contributed by atoms with Gasteiger partial charge in [-0.25, -0.2) is 0 Å². The second-order valence-electron chi connectivity index (χ2n) is 7.10. The van der Waals surface area contributed by atoms with Crippen molar-refractivity contribution in [2.75, 3.05) is 11.9 Å². The van der Waals surface area contributed by atoms with E-state index in [1.54, 1.807) is 42.5 Å². The molecular weight excluding hydrogens is 582 g/mol. The van der Waals surface area contributed by atoms with Gasteiger partial charge in [-0.15, -0.1) is 0 Å². The molecule has 1 amide bonds. The predicted octanol–water partition coefficient (Wildman–Crippen LogP) is 6.64. The number of carbonyl (C=O) groups excluding carboxylic acids is 1. The van der Waals surface area contributed by atoms with Crippen molar-refractivity contribution in [3.8, 4) is 17.6 Å². The second-order valence-corrected chi connectivity index (χ2v) is 8.87. The van der Waals surface area contributed by atoms with E-state index in [0.29, 0.717) is 39.4 Å². The third-order valence-corrected chi connectivity index (χ3v) is 5.81. The zero-order valence-corrected chi connectivity index (χ0v) is 21.6. The van der Waals surface area contributed by atoms with Crippen LogP contribution in [0.25, 0.3) is 6.08 Å². The van der Waals surface area contributed by atoms with E-state index >= 15 is 0 Å². The molecule has 0 unspecified atom stereocenters. The van der Waals surface area contributed by atoms with Gasteiger partial charge in [0.05, 0.1) is 11.5 Å². The molecule has 0 fully saturated rings. The first-order valence-corrected chi connectivity index (χ1v) is 11.9. The predicted molar refractivity (Wildman–Crippen MR) is 139 cm³/mol. The number of anilines is 1. The van der Waals surface area contributed by atoms with Gasteiger partial charge in [-0.2, -0.15) is 5.26 Å². The highest BCUT2D eigenvalue weighted by atomic mass is 79.9. The van der Waals surface area contributed by atoms with E-state index in [1.165, 1.54) is 18.2 Å². The van der Waals surface area contributed by atoms with Crippen molar-refractivity contribution >= 4 is 55.2 Å².